The minimum Gasteiger partial charge on any atom is -0.484 e. The molecule has 0 aromatic heterocycles. The lowest BCUT2D eigenvalue weighted by Gasteiger charge is -2.24. The van der Waals surface area contributed by atoms with Gasteiger partial charge in [-0.2, -0.15) is 13.2 Å². The highest BCUT2D eigenvalue weighted by Crippen LogP contribution is 2.19. The lowest BCUT2D eigenvalue weighted by molar-refractivity contribution is -0.153. The lowest BCUT2D eigenvalue weighted by atomic mass is 10.1. The topological polar surface area (TPSA) is 54.9 Å². The molecule has 1 aromatic carbocycles. The Hall–Kier alpha value is -1.23. The first-order valence-corrected chi connectivity index (χ1v) is 8.01. The summed E-state index contributed by atoms with van der Waals surface area (Å²) in [5.74, 6) is 0.776. The third-order valence-electron chi connectivity index (χ3n) is 3.30. The first-order chi connectivity index (χ1) is 11.6. The van der Waals surface area contributed by atoms with Gasteiger partial charge in [0.15, 0.2) is 12.6 Å². The summed E-state index contributed by atoms with van der Waals surface area (Å²) in [4.78, 5) is 4.43. The molecule has 0 spiro atoms. The fourth-order valence-corrected chi connectivity index (χ4v) is 1.78. The maximum absolute atomic E-state index is 12.2. The van der Waals surface area contributed by atoms with Crippen molar-refractivity contribution in [3.63, 3.8) is 0 Å². The van der Waals surface area contributed by atoms with Crippen LogP contribution in [0.15, 0.2) is 29.3 Å². The lowest BCUT2D eigenvalue weighted by Crippen LogP contribution is -2.45. The van der Waals surface area contributed by atoms with Gasteiger partial charge in [0.25, 0.3) is 0 Å². The maximum atomic E-state index is 12.2. The predicted molar refractivity (Wildman–Crippen MR) is 107 cm³/mol. The molecular weight excluding hydrogens is 462 g/mol. The van der Waals surface area contributed by atoms with E-state index in [0.29, 0.717) is 25.6 Å². The van der Waals surface area contributed by atoms with Crippen LogP contribution in [0.5, 0.6) is 5.75 Å². The van der Waals surface area contributed by atoms with E-state index in [0.717, 1.165) is 5.56 Å². The minimum atomic E-state index is -4.36. The van der Waals surface area contributed by atoms with Gasteiger partial charge < -0.3 is 20.1 Å². The number of nitrogens with one attached hydrogen (secondary N) is 2. The van der Waals surface area contributed by atoms with Crippen molar-refractivity contribution < 1.29 is 22.6 Å². The summed E-state index contributed by atoms with van der Waals surface area (Å²) >= 11 is 0. The van der Waals surface area contributed by atoms with E-state index in [4.69, 9.17) is 9.47 Å². The summed E-state index contributed by atoms with van der Waals surface area (Å²) in [5, 5.41) is 6.29. The molecule has 1 rings (SSSR count). The van der Waals surface area contributed by atoms with Crippen molar-refractivity contribution in [2.24, 2.45) is 4.99 Å². The Labute approximate surface area is 169 Å². The number of halogens is 4. The van der Waals surface area contributed by atoms with Crippen molar-refractivity contribution >= 4 is 29.9 Å². The molecular formula is C17H27F3IN3O2. The highest BCUT2D eigenvalue weighted by Gasteiger charge is 2.28. The molecule has 0 bridgehead atoms. The minimum absolute atomic E-state index is 0. The summed E-state index contributed by atoms with van der Waals surface area (Å²) in [5.41, 5.74) is 0.407. The van der Waals surface area contributed by atoms with Crippen LogP contribution in [0.3, 0.4) is 0 Å². The quantitative estimate of drug-likeness (QED) is 0.332. The number of benzene rings is 1. The number of rotatable bonds is 8. The molecule has 0 saturated heterocycles. The van der Waals surface area contributed by atoms with Crippen LogP contribution in [0.1, 0.15) is 26.3 Å². The Morgan fingerprint density at radius 3 is 2.46 bits per heavy atom. The molecule has 0 aliphatic rings. The van der Waals surface area contributed by atoms with Crippen molar-refractivity contribution in [3.05, 3.63) is 29.8 Å². The van der Waals surface area contributed by atoms with E-state index in [-0.39, 0.29) is 35.3 Å². The smallest absolute Gasteiger partial charge is 0.422 e. The third kappa shape index (κ3) is 10.7. The van der Waals surface area contributed by atoms with Crippen molar-refractivity contribution in [2.75, 3.05) is 26.8 Å². The molecule has 0 amide bonds. The Kier molecular flexibility index (Phi) is 10.9. The molecule has 0 heterocycles. The van der Waals surface area contributed by atoms with Crippen LogP contribution in [0, 0.1) is 0 Å². The third-order valence-corrected chi connectivity index (χ3v) is 3.30. The van der Waals surface area contributed by atoms with Gasteiger partial charge in [-0.15, -0.1) is 24.0 Å². The number of aliphatic imine (C=N–C) groups is 1. The van der Waals surface area contributed by atoms with Crippen LogP contribution >= 0.6 is 24.0 Å². The summed E-state index contributed by atoms with van der Waals surface area (Å²) in [6.07, 6.45) is -4.36. The van der Waals surface area contributed by atoms with Gasteiger partial charge in [-0.05, 0) is 38.5 Å². The van der Waals surface area contributed by atoms with Crippen LogP contribution in [0.25, 0.3) is 0 Å². The van der Waals surface area contributed by atoms with E-state index >= 15 is 0 Å². The largest absolute Gasteiger partial charge is 0.484 e. The summed E-state index contributed by atoms with van der Waals surface area (Å²) in [7, 11) is 1.64. The zero-order valence-corrected chi connectivity index (χ0v) is 17.8. The Bertz CT molecular complexity index is 566. The molecule has 0 saturated carbocycles. The van der Waals surface area contributed by atoms with Crippen LogP contribution in [0.2, 0.25) is 0 Å². The van der Waals surface area contributed by atoms with Crippen molar-refractivity contribution in [2.45, 2.75) is 39.1 Å². The van der Waals surface area contributed by atoms with Gasteiger partial charge in [-0.25, -0.2) is 4.99 Å². The number of hydrogen-bond acceptors (Lipinski definition) is 3. The average Bonchev–Trinajstić information content (AvgIpc) is 2.55. The Morgan fingerprint density at radius 2 is 1.88 bits per heavy atom. The summed E-state index contributed by atoms with van der Waals surface area (Å²) in [6.45, 7) is 6.10. The van der Waals surface area contributed by atoms with Crippen LogP contribution in [-0.2, 0) is 11.3 Å². The number of ether oxygens (including phenoxy) is 2. The monoisotopic (exact) mass is 489 g/mol. The zero-order chi connectivity index (χ0) is 18.9. The zero-order valence-electron chi connectivity index (χ0n) is 15.4. The number of guanidine groups is 1. The number of alkyl halides is 3. The van der Waals surface area contributed by atoms with E-state index in [1.165, 1.54) is 6.07 Å². The fourth-order valence-electron chi connectivity index (χ4n) is 1.78. The van der Waals surface area contributed by atoms with E-state index in [1.807, 2.05) is 20.8 Å². The van der Waals surface area contributed by atoms with E-state index in [9.17, 15) is 13.2 Å². The molecule has 5 nitrogen and oxygen atoms in total. The Balaban J connectivity index is 0.00000625. The second-order valence-corrected chi connectivity index (χ2v) is 6.06. The van der Waals surface area contributed by atoms with Crippen molar-refractivity contribution in [1.29, 1.82) is 0 Å². The van der Waals surface area contributed by atoms with Gasteiger partial charge in [0, 0.05) is 20.2 Å². The SMILES string of the molecule is CCNC(=NCc1cccc(OCC(F)(F)F)c1)NCC(C)(C)OC.I. The normalized spacial score (nSPS) is 12.3. The van der Waals surface area contributed by atoms with Gasteiger partial charge in [-0.1, -0.05) is 12.1 Å². The second-order valence-electron chi connectivity index (χ2n) is 6.06. The standard InChI is InChI=1S/C17H26F3N3O2.HI/c1-5-21-15(23-11-16(2,3)24-4)22-10-13-7-6-8-14(9-13)25-12-17(18,19)20;/h6-9H,5,10-12H2,1-4H3,(H2,21,22,23);1H. The molecule has 1 aromatic rings. The van der Waals surface area contributed by atoms with E-state index in [1.54, 1.807) is 25.3 Å². The van der Waals surface area contributed by atoms with Gasteiger partial charge in [0.1, 0.15) is 5.75 Å². The molecule has 150 valence electrons. The predicted octanol–water partition coefficient (Wildman–Crippen LogP) is 3.73. The van der Waals surface area contributed by atoms with Crippen LogP contribution in [-0.4, -0.2) is 44.5 Å². The fraction of sp³-hybridized carbons (Fsp3) is 0.588. The summed E-state index contributed by atoms with van der Waals surface area (Å²) in [6, 6.07) is 6.47. The molecule has 0 aliphatic carbocycles. The van der Waals surface area contributed by atoms with Gasteiger partial charge in [0.2, 0.25) is 0 Å². The highest BCUT2D eigenvalue weighted by molar-refractivity contribution is 14.0. The second kappa shape index (κ2) is 11.5. The first kappa shape index (κ1) is 24.8. The van der Waals surface area contributed by atoms with Crippen LogP contribution in [0.4, 0.5) is 13.2 Å². The average molecular weight is 489 g/mol. The molecule has 26 heavy (non-hydrogen) atoms. The van der Waals surface area contributed by atoms with E-state index in [2.05, 4.69) is 15.6 Å². The molecule has 0 atom stereocenters. The Morgan fingerprint density at radius 1 is 1.19 bits per heavy atom. The van der Waals surface area contributed by atoms with E-state index < -0.39 is 12.8 Å². The van der Waals surface area contributed by atoms with Crippen LogP contribution < -0.4 is 15.4 Å². The molecule has 0 fully saturated rings. The maximum Gasteiger partial charge on any atom is 0.422 e. The molecule has 0 aliphatic heterocycles. The molecule has 9 heteroatoms. The number of hydrogen-bond donors (Lipinski definition) is 2. The molecule has 0 unspecified atom stereocenters. The number of nitrogens with zero attached hydrogens (tertiary/aromatic N) is 1. The van der Waals surface area contributed by atoms with Gasteiger partial charge >= 0.3 is 6.18 Å². The molecule has 2 N–H and O–H groups in total. The first-order valence-electron chi connectivity index (χ1n) is 8.01. The van der Waals surface area contributed by atoms with Crippen molar-refractivity contribution in [1.82, 2.24) is 10.6 Å². The van der Waals surface area contributed by atoms with Gasteiger partial charge in [-0.3, -0.25) is 0 Å². The highest BCUT2D eigenvalue weighted by atomic mass is 127. The van der Waals surface area contributed by atoms with Gasteiger partial charge in [0.05, 0.1) is 12.1 Å². The summed E-state index contributed by atoms with van der Waals surface area (Å²) < 4.78 is 46.7. The number of methoxy groups -OCH3 is 1. The van der Waals surface area contributed by atoms with Crippen molar-refractivity contribution in [3.8, 4) is 5.75 Å². The molecule has 0 radical (unpaired) electrons.